The molecule has 12 nitrogen and oxygen atoms in total. The maximum absolute atomic E-state index is 12.5. The summed E-state index contributed by atoms with van der Waals surface area (Å²) in [6.07, 6.45) is -0.464. The number of carbonyl (C=O) groups is 2. The van der Waals surface area contributed by atoms with Crippen molar-refractivity contribution in [3.05, 3.63) is 52.6 Å². The summed E-state index contributed by atoms with van der Waals surface area (Å²) in [5.74, 6) is -1.30. The van der Waals surface area contributed by atoms with E-state index in [0.29, 0.717) is 13.2 Å². The van der Waals surface area contributed by atoms with Crippen molar-refractivity contribution in [2.24, 2.45) is 5.92 Å². The Labute approximate surface area is 199 Å². The molecule has 0 radical (unpaired) electrons. The van der Waals surface area contributed by atoms with Crippen molar-refractivity contribution >= 4 is 29.0 Å². The third kappa shape index (κ3) is 4.67. The number of aromatic amines is 1. The summed E-state index contributed by atoms with van der Waals surface area (Å²) < 4.78 is 25.6. The quantitative estimate of drug-likeness (QED) is 0.472. The number of hydrogen-bond acceptors (Lipinski definition) is 9. The average Bonchev–Trinajstić information content (AvgIpc) is 3.37. The van der Waals surface area contributed by atoms with Crippen molar-refractivity contribution in [3.8, 4) is 0 Å². The number of fused-ring (bicyclic) bond motifs is 3. The minimum absolute atomic E-state index is 0.00397. The molecule has 12 heteroatoms. The molecule has 2 aromatic heterocycles. The van der Waals surface area contributed by atoms with E-state index >= 15 is 0 Å². The van der Waals surface area contributed by atoms with Crippen molar-refractivity contribution < 1.29 is 28.5 Å². The van der Waals surface area contributed by atoms with Crippen LogP contribution in [0.4, 0.5) is 5.95 Å². The first kappa shape index (κ1) is 23.1. The molecule has 5 rings (SSSR count). The Hall–Kier alpha value is -3.61. The lowest BCUT2D eigenvalue weighted by atomic mass is 9.92. The minimum Gasteiger partial charge on any atom is -0.465 e. The summed E-state index contributed by atoms with van der Waals surface area (Å²) in [4.78, 5) is 46.7. The number of amides is 1. The third-order valence-corrected chi connectivity index (χ3v) is 6.01. The first-order valence-electron chi connectivity index (χ1n) is 11.2. The summed E-state index contributed by atoms with van der Waals surface area (Å²) in [6.45, 7) is 3.32. The smallest absolute Gasteiger partial charge is 0.302 e. The fraction of sp³-hybridized carbons (Fsp3) is 0.435. The molecule has 3 aromatic rings. The van der Waals surface area contributed by atoms with Gasteiger partial charge in [0, 0.05) is 13.8 Å². The predicted molar refractivity (Wildman–Crippen MR) is 121 cm³/mol. The van der Waals surface area contributed by atoms with Gasteiger partial charge in [0.15, 0.2) is 11.2 Å². The number of nitrogens with zero attached hydrogens (tertiary/aromatic N) is 3. The molecule has 2 aliphatic heterocycles. The van der Waals surface area contributed by atoms with Gasteiger partial charge in [0.25, 0.3) is 5.56 Å². The molecule has 0 aliphatic carbocycles. The number of rotatable bonds is 7. The van der Waals surface area contributed by atoms with Crippen LogP contribution in [0.25, 0.3) is 11.2 Å². The SMILES string of the molecule is CC(=O)Nc1nc2c(ncn2[C@H]2O[C@@H]3COC([C@H]2COC(C)=O)[C@@H]3OCc2ccccc2)c(=O)[nH]1. The lowest BCUT2D eigenvalue weighted by Gasteiger charge is -2.40. The fourth-order valence-corrected chi connectivity index (χ4v) is 4.50. The van der Waals surface area contributed by atoms with E-state index in [-0.39, 0.29) is 35.7 Å². The summed E-state index contributed by atoms with van der Waals surface area (Å²) >= 11 is 0. The van der Waals surface area contributed by atoms with E-state index in [0.717, 1.165) is 5.56 Å². The highest BCUT2D eigenvalue weighted by atomic mass is 16.6. The molecular formula is C23H25N5O7. The fourth-order valence-electron chi connectivity index (χ4n) is 4.50. The number of carbonyl (C=O) groups excluding carboxylic acids is 2. The average molecular weight is 483 g/mol. The molecular weight excluding hydrogens is 458 g/mol. The normalized spacial score (nSPS) is 25.5. The van der Waals surface area contributed by atoms with Gasteiger partial charge < -0.3 is 18.9 Å². The second-order valence-electron chi connectivity index (χ2n) is 8.51. The van der Waals surface area contributed by atoms with E-state index < -0.39 is 35.9 Å². The van der Waals surface area contributed by atoms with Crippen LogP contribution in [-0.2, 0) is 35.1 Å². The maximum Gasteiger partial charge on any atom is 0.302 e. The highest BCUT2D eigenvalue weighted by Gasteiger charge is 2.53. The van der Waals surface area contributed by atoms with E-state index in [1.165, 1.54) is 20.2 Å². The maximum atomic E-state index is 12.5. The van der Waals surface area contributed by atoms with Crippen LogP contribution in [0, 0.1) is 5.92 Å². The first-order chi connectivity index (χ1) is 16.9. The molecule has 2 fully saturated rings. The minimum atomic E-state index is -0.701. The lowest BCUT2D eigenvalue weighted by molar-refractivity contribution is -0.198. The van der Waals surface area contributed by atoms with Crippen LogP contribution in [0.15, 0.2) is 41.5 Å². The van der Waals surface area contributed by atoms with Gasteiger partial charge >= 0.3 is 5.97 Å². The van der Waals surface area contributed by atoms with Crippen molar-refractivity contribution in [1.82, 2.24) is 19.5 Å². The predicted octanol–water partition coefficient (Wildman–Crippen LogP) is 1.14. The molecule has 184 valence electrons. The monoisotopic (exact) mass is 483 g/mol. The van der Waals surface area contributed by atoms with Crippen LogP contribution in [-0.4, -0.2) is 62.9 Å². The van der Waals surface area contributed by atoms with Gasteiger partial charge in [0.1, 0.15) is 25.0 Å². The van der Waals surface area contributed by atoms with Gasteiger partial charge in [-0.25, -0.2) is 4.98 Å². The molecule has 2 saturated heterocycles. The van der Waals surface area contributed by atoms with E-state index in [1.807, 2.05) is 30.3 Å². The van der Waals surface area contributed by atoms with Gasteiger partial charge in [-0.15, -0.1) is 0 Å². The zero-order chi connectivity index (χ0) is 24.5. The number of ether oxygens (including phenoxy) is 4. The number of anilines is 1. The van der Waals surface area contributed by atoms with Crippen LogP contribution in [0.3, 0.4) is 0 Å². The second-order valence-corrected chi connectivity index (χ2v) is 8.51. The Morgan fingerprint density at radius 1 is 1.26 bits per heavy atom. The van der Waals surface area contributed by atoms with E-state index in [4.69, 9.17) is 18.9 Å². The van der Waals surface area contributed by atoms with Crippen molar-refractivity contribution in [1.29, 1.82) is 0 Å². The molecule has 0 saturated carbocycles. The molecule has 2 bridgehead atoms. The number of imidazole rings is 1. The summed E-state index contributed by atoms with van der Waals surface area (Å²) in [6, 6.07) is 9.76. The number of aromatic nitrogens is 4. The van der Waals surface area contributed by atoms with Crippen molar-refractivity contribution in [3.63, 3.8) is 0 Å². The Kier molecular flexibility index (Phi) is 6.32. The van der Waals surface area contributed by atoms with Gasteiger partial charge in [-0.05, 0) is 5.56 Å². The standard InChI is InChI=1S/C23H25N5O7/c1-12(29)25-23-26-20-17(21(31)27-23)24-11-28(20)22-15(9-32-13(2)30)18-19(16(35-22)10-34-18)33-8-14-6-4-3-5-7-14/h3-7,11,15-16,18-19,22H,8-10H2,1-2H3,(H2,25,26,27,29,31)/t15-,16-,18?,19-,22+/m1/s1. The highest BCUT2D eigenvalue weighted by Crippen LogP contribution is 2.42. The molecule has 35 heavy (non-hydrogen) atoms. The van der Waals surface area contributed by atoms with E-state index in [2.05, 4.69) is 20.3 Å². The molecule has 0 spiro atoms. The largest absolute Gasteiger partial charge is 0.465 e. The molecule has 4 heterocycles. The number of hydrogen-bond donors (Lipinski definition) is 2. The van der Waals surface area contributed by atoms with Crippen molar-refractivity contribution in [2.45, 2.75) is 45.0 Å². The number of H-pyrrole nitrogens is 1. The Balaban J connectivity index is 1.46. The van der Waals surface area contributed by atoms with Gasteiger partial charge in [-0.3, -0.25) is 29.3 Å². The van der Waals surface area contributed by atoms with Gasteiger partial charge in [-0.2, -0.15) is 4.98 Å². The second kappa shape index (κ2) is 9.56. The zero-order valence-electron chi connectivity index (χ0n) is 19.2. The van der Waals surface area contributed by atoms with Gasteiger partial charge in [-0.1, -0.05) is 30.3 Å². The van der Waals surface area contributed by atoms with Gasteiger partial charge in [0.2, 0.25) is 11.9 Å². The van der Waals surface area contributed by atoms with Crippen molar-refractivity contribution in [2.75, 3.05) is 18.5 Å². The topological polar surface area (TPSA) is 147 Å². The summed E-state index contributed by atoms with van der Waals surface area (Å²) in [5.41, 5.74) is 0.816. The summed E-state index contributed by atoms with van der Waals surface area (Å²) in [5, 5.41) is 2.48. The zero-order valence-corrected chi connectivity index (χ0v) is 19.2. The third-order valence-electron chi connectivity index (χ3n) is 6.01. The van der Waals surface area contributed by atoms with E-state index in [1.54, 1.807) is 4.57 Å². The molecule has 1 aromatic carbocycles. The van der Waals surface area contributed by atoms with Crippen LogP contribution in [0.1, 0.15) is 25.6 Å². The molecule has 2 aliphatic rings. The highest BCUT2D eigenvalue weighted by molar-refractivity contribution is 5.87. The first-order valence-corrected chi connectivity index (χ1v) is 11.2. The van der Waals surface area contributed by atoms with Crippen LogP contribution < -0.4 is 10.9 Å². The lowest BCUT2D eigenvalue weighted by Crippen LogP contribution is -2.50. The Morgan fingerprint density at radius 2 is 2.06 bits per heavy atom. The van der Waals surface area contributed by atoms with E-state index in [9.17, 15) is 14.4 Å². The Bertz CT molecular complexity index is 1290. The number of esters is 1. The van der Waals surface area contributed by atoms with Crippen LogP contribution >= 0.6 is 0 Å². The van der Waals surface area contributed by atoms with Crippen LogP contribution in [0.5, 0.6) is 0 Å². The number of nitrogens with one attached hydrogen (secondary N) is 2. The molecule has 1 amide bonds. The number of benzene rings is 1. The molecule has 5 atom stereocenters. The molecule has 1 unspecified atom stereocenters. The van der Waals surface area contributed by atoms with Gasteiger partial charge in [0.05, 0.1) is 31.6 Å². The van der Waals surface area contributed by atoms with Crippen LogP contribution in [0.2, 0.25) is 0 Å². The summed E-state index contributed by atoms with van der Waals surface area (Å²) in [7, 11) is 0. The Morgan fingerprint density at radius 3 is 2.80 bits per heavy atom. The molecule has 2 N–H and O–H groups in total.